The molecule has 0 spiro atoms. The van der Waals surface area contributed by atoms with Gasteiger partial charge < -0.3 is 15.1 Å². The van der Waals surface area contributed by atoms with Crippen molar-refractivity contribution in [2.24, 2.45) is 5.73 Å². The van der Waals surface area contributed by atoms with E-state index < -0.39 is 0 Å². The van der Waals surface area contributed by atoms with Gasteiger partial charge in [-0.15, -0.1) is 5.10 Å². The van der Waals surface area contributed by atoms with Crippen LogP contribution in [-0.4, -0.2) is 16.7 Å². The first-order valence-corrected chi connectivity index (χ1v) is 5.63. The van der Waals surface area contributed by atoms with Crippen molar-refractivity contribution in [2.45, 2.75) is 20.0 Å². The lowest BCUT2D eigenvalue weighted by molar-refractivity contribution is 0.502. The summed E-state index contributed by atoms with van der Waals surface area (Å²) in [5, 5.41) is 8.20. The van der Waals surface area contributed by atoms with Crippen LogP contribution < -0.4 is 10.6 Å². The van der Waals surface area contributed by atoms with Gasteiger partial charge >= 0.3 is 0 Å². The fourth-order valence-corrected chi connectivity index (χ4v) is 1.58. The van der Waals surface area contributed by atoms with Gasteiger partial charge in [0.1, 0.15) is 5.76 Å². The molecule has 5 nitrogen and oxygen atoms in total. The molecule has 0 aliphatic rings. The first-order valence-electron chi connectivity index (χ1n) is 5.63. The Morgan fingerprint density at radius 1 is 1.29 bits per heavy atom. The van der Waals surface area contributed by atoms with Crippen LogP contribution in [0.4, 0.5) is 5.82 Å². The molecule has 2 aromatic heterocycles. The molecule has 2 aromatic rings. The molecule has 5 heteroatoms. The van der Waals surface area contributed by atoms with Crippen molar-refractivity contribution in [3.63, 3.8) is 0 Å². The van der Waals surface area contributed by atoms with Gasteiger partial charge in [0, 0.05) is 13.1 Å². The Hall–Kier alpha value is -1.88. The van der Waals surface area contributed by atoms with E-state index in [-0.39, 0.29) is 0 Å². The number of furan rings is 1. The standard InChI is InChI=1S/C12H16N4O/c1-2-16(9-11-4-3-7-17-11)12-6-5-10(8-13)14-15-12/h3-7H,2,8-9,13H2,1H3. The quantitative estimate of drug-likeness (QED) is 0.847. The first kappa shape index (κ1) is 11.6. The molecule has 0 unspecified atom stereocenters. The molecule has 0 atom stereocenters. The average Bonchev–Trinajstić information content (AvgIpc) is 2.89. The molecule has 0 bridgehead atoms. The van der Waals surface area contributed by atoms with Crippen molar-refractivity contribution in [1.29, 1.82) is 0 Å². The highest BCUT2D eigenvalue weighted by Crippen LogP contribution is 2.13. The van der Waals surface area contributed by atoms with Gasteiger partial charge in [-0.3, -0.25) is 0 Å². The van der Waals surface area contributed by atoms with Crippen LogP contribution in [0.3, 0.4) is 0 Å². The molecule has 0 fully saturated rings. The summed E-state index contributed by atoms with van der Waals surface area (Å²) in [6.07, 6.45) is 1.67. The highest BCUT2D eigenvalue weighted by molar-refractivity contribution is 5.37. The Morgan fingerprint density at radius 2 is 2.18 bits per heavy atom. The third kappa shape index (κ3) is 2.82. The summed E-state index contributed by atoms with van der Waals surface area (Å²) in [6.45, 7) is 4.02. The Balaban J connectivity index is 2.11. The van der Waals surface area contributed by atoms with Crippen LogP contribution in [0.2, 0.25) is 0 Å². The molecule has 17 heavy (non-hydrogen) atoms. The lowest BCUT2D eigenvalue weighted by Crippen LogP contribution is -2.23. The highest BCUT2D eigenvalue weighted by Gasteiger charge is 2.08. The molecular weight excluding hydrogens is 216 g/mol. The monoisotopic (exact) mass is 232 g/mol. The zero-order valence-corrected chi connectivity index (χ0v) is 9.84. The summed E-state index contributed by atoms with van der Waals surface area (Å²) in [5.74, 6) is 1.75. The molecular formula is C12H16N4O. The van der Waals surface area contributed by atoms with E-state index in [0.717, 1.165) is 23.8 Å². The topological polar surface area (TPSA) is 68.2 Å². The number of nitrogens with zero attached hydrogens (tertiary/aromatic N) is 3. The second-order valence-electron chi connectivity index (χ2n) is 3.68. The van der Waals surface area contributed by atoms with Gasteiger partial charge in [-0.05, 0) is 31.2 Å². The lowest BCUT2D eigenvalue weighted by Gasteiger charge is -2.19. The first-order chi connectivity index (χ1) is 8.33. The summed E-state index contributed by atoms with van der Waals surface area (Å²) in [6, 6.07) is 7.66. The Kier molecular flexibility index (Phi) is 3.72. The summed E-state index contributed by atoms with van der Waals surface area (Å²) in [5.41, 5.74) is 6.28. The minimum absolute atomic E-state index is 0.414. The van der Waals surface area contributed by atoms with Crippen molar-refractivity contribution in [2.75, 3.05) is 11.4 Å². The second kappa shape index (κ2) is 5.45. The van der Waals surface area contributed by atoms with E-state index in [1.165, 1.54) is 0 Å². The SMILES string of the molecule is CCN(Cc1ccco1)c1ccc(CN)nn1. The summed E-state index contributed by atoms with van der Waals surface area (Å²) in [4.78, 5) is 2.09. The molecule has 0 aliphatic heterocycles. The number of nitrogens with two attached hydrogens (primary N) is 1. The maximum atomic E-state index is 5.49. The predicted octanol–water partition coefficient (Wildman–Crippen LogP) is 1.55. The number of rotatable bonds is 5. The van der Waals surface area contributed by atoms with Crippen molar-refractivity contribution < 1.29 is 4.42 Å². The van der Waals surface area contributed by atoms with Crippen LogP contribution in [-0.2, 0) is 13.1 Å². The third-order valence-electron chi connectivity index (χ3n) is 2.55. The Labute approximate surface area is 100 Å². The zero-order chi connectivity index (χ0) is 12.1. The fourth-order valence-electron chi connectivity index (χ4n) is 1.58. The molecule has 0 radical (unpaired) electrons. The molecule has 0 saturated heterocycles. The van der Waals surface area contributed by atoms with Crippen molar-refractivity contribution in [3.8, 4) is 0 Å². The van der Waals surface area contributed by atoms with Crippen molar-refractivity contribution in [3.05, 3.63) is 42.0 Å². The number of hydrogen-bond donors (Lipinski definition) is 1. The average molecular weight is 232 g/mol. The number of anilines is 1. The van der Waals surface area contributed by atoms with Crippen LogP contribution >= 0.6 is 0 Å². The van der Waals surface area contributed by atoms with Gasteiger partial charge in [-0.2, -0.15) is 5.10 Å². The summed E-state index contributed by atoms with van der Waals surface area (Å²) in [7, 11) is 0. The van der Waals surface area contributed by atoms with E-state index in [0.29, 0.717) is 13.1 Å². The van der Waals surface area contributed by atoms with E-state index in [2.05, 4.69) is 22.0 Å². The number of hydrogen-bond acceptors (Lipinski definition) is 5. The Morgan fingerprint density at radius 3 is 2.71 bits per heavy atom. The van der Waals surface area contributed by atoms with E-state index >= 15 is 0 Å². The normalized spacial score (nSPS) is 10.5. The minimum Gasteiger partial charge on any atom is -0.467 e. The lowest BCUT2D eigenvalue weighted by atomic mass is 10.3. The van der Waals surface area contributed by atoms with Crippen LogP contribution in [0.25, 0.3) is 0 Å². The zero-order valence-electron chi connectivity index (χ0n) is 9.84. The van der Waals surface area contributed by atoms with Crippen LogP contribution in [0, 0.1) is 0 Å². The summed E-state index contributed by atoms with van der Waals surface area (Å²) < 4.78 is 5.32. The minimum atomic E-state index is 0.414. The van der Waals surface area contributed by atoms with Gasteiger partial charge in [-0.25, -0.2) is 0 Å². The second-order valence-corrected chi connectivity index (χ2v) is 3.68. The molecule has 90 valence electrons. The van der Waals surface area contributed by atoms with Crippen LogP contribution in [0.5, 0.6) is 0 Å². The Bertz CT molecular complexity index is 438. The van der Waals surface area contributed by atoms with E-state index in [1.807, 2.05) is 24.3 Å². The van der Waals surface area contributed by atoms with Crippen LogP contribution in [0.15, 0.2) is 34.9 Å². The number of aromatic nitrogens is 2. The molecule has 0 aromatic carbocycles. The van der Waals surface area contributed by atoms with Gasteiger partial charge in [0.15, 0.2) is 5.82 Å². The molecule has 0 amide bonds. The largest absolute Gasteiger partial charge is 0.467 e. The highest BCUT2D eigenvalue weighted by atomic mass is 16.3. The van der Waals surface area contributed by atoms with Gasteiger partial charge in [0.05, 0.1) is 18.5 Å². The van der Waals surface area contributed by atoms with E-state index in [9.17, 15) is 0 Å². The van der Waals surface area contributed by atoms with Crippen molar-refractivity contribution in [1.82, 2.24) is 10.2 Å². The third-order valence-corrected chi connectivity index (χ3v) is 2.55. The molecule has 2 heterocycles. The maximum absolute atomic E-state index is 5.49. The van der Waals surface area contributed by atoms with Crippen LogP contribution in [0.1, 0.15) is 18.4 Å². The van der Waals surface area contributed by atoms with Gasteiger partial charge in [0.2, 0.25) is 0 Å². The molecule has 0 aliphatic carbocycles. The van der Waals surface area contributed by atoms with E-state index in [4.69, 9.17) is 10.2 Å². The van der Waals surface area contributed by atoms with Gasteiger partial charge in [0.25, 0.3) is 0 Å². The predicted molar refractivity (Wildman–Crippen MR) is 65.4 cm³/mol. The maximum Gasteiger partial charge on any atom is 0.151 e. The smallest absolute Gasteiger partial charge is 0.151 e. The molecule has 0 saturated carbocycles. The van der Waals surface area contributed by atoms with Crippen molar-refractivity contribution >= 4 is 5.82 Å². The molecule has 2 N–H and O–H groups in total. The van der Waals surface area contributed by atoms with E-state index in [1.54, 1.807) is 6.26 Å². The summed E-state index contributed by atoms with van der Waals surface area (Å²) >= 11 is 0. The molecule has 2 rings (SSSR count). The van der Waals surface area contributed by atoms with Gasteiger partial charge in [-0.1, -0.05) is 0 Å². The fraction of sp³-hybridized carbons (Fsp3) is 0.333.